The number of aromatic nitrogens is 2. The minimum absolute atomic E-state index is 0.520. The molecule has 0 unspecified atom stereocenters. The predicted octanol–water partition coefficient (Wildman–Crippen LogP) is 2.38. The van der Waals surface area contributed by atoms with Gasteiger partial charge in [-0.15, -0.1) is 10.2 Å². The van der Waals surface area contributed by atoms with Crippen molar-refractivity contribution in [1.82, 2.24) is 10.2 Å². The fourth-order valence-electron chi connectivity index (χ4n) is 0.804. The molecule has 0 spiro atoms. The van der Waals surface area contributed by atoms with Crippen LogP contribution in [-0.2, 0) is 33.0 Å². The number of nitrogens with zero attached hydrogens (tertiary/aromatic N) is 2. The maximum absolute atomic E-state index is 5.33. The van der Waals surface area contributed by atoms with Crippen molar-refractivity contribution in [3.8, 4) is 0 Å². The van der Waals surface area contributed by atoms with E-state index in [2.05, 4.69) is 10.2 Å². The molecule has 0 aliphatic carbocycles. The van der Waals surface area contributed by atoms with Gasteiger partial charge in [-0.25, -0.2) is 0 Å². The smallest absolute Gasteiger partial charge is 0.247 e. The van der Waals surface area contributed by atoms with Crippen LogP contribution in [0.1, 0.15) is 18.7 Å². The van der Waals surface area contributed by atoms with E-state index in [1.54, 1.807) is 14.2 Å². The lowest BCUT2D eigenvalue weighted by Gasteiger charge is -2.14. The number of aryl methyl sites for hydroxylation is 1. The molecule has 0 fully saturated rings. The second kappa shape index (κ2) is 5.96. The monoisotopic (exact) mass is 268 g/mol. The van der Waals surface area contributed by atoms with Crippen LogP contribution in [0.2, 0.25) is 0 Å². The van der Waals surface area contributed by atoms with Gasteiger partial charge in [0.1, 0.15) is 0 Å². The Hall–Kier alpha value is 0.0600. The summed E-state index contributed by atoms with van der Waals surface area (Å²) in [6.45, 7) is 1.96. The Labute approximate surface area is 97.9 Å². The molecule has 0 aliphatic rings. The van der Waals surface area contributed by atoms with E-state index in [0.29, 0.717) is 17.5 Å². The highest BCUT2D eigenvalue weighted by Crippen LogP contribution is 2.60. The van der Waals surface area contributed by atoms with Crippen LogP contribution < -0.4 is 0 Å². The molecular formula is C7H13N2O3PS2. The molecule has 0 amide bonds. The molecule has 86 valence electrons. The van der Waals surface area contributed by atoms with Crippen molar-refractivity contribution in [1.29, 1.82) is 0 Å². The fourth-order valence-corrected chi connectivity index (χ4v) is 3.46. The summed E-state index contributed by atoms with van der Waals surface area (Å²) < 4.78 is 15.6. The second-order valence-corrected chi connectivity index (χ2v) is 9.05. The Bertz CT molecular complexity index is 350. The van der Waals surface area contributed by atoms with Gasteiger partial charge in [-0.1, -0.05) is 18.3 Å². The summed E-state index contributed by atoms with van der Waals surface area (Å²) in [5, 5.41) is 7.74. The SMILES string of the molecule is CCc1nnc(CSP(=S)(OC)OC)o1. The van der Waals surface area contributed by atoms with E-state index in [-0.39, 0.29) is 0 Å². The third-order valence-electron chi connectivity index (χ3n) is 1.60. The number of rotatable bonds is 6. The Balaban J connectivity index is 2.53. The van der Waals surface area contributed by atoms with E-state index in [0.717, 1.165) is 6.42 Å². The largest absolute Gasteiger partial charge is 0.424 e. The maximum Gasteiger partial charge on any atom is 0.247 e. The molecule has 5 nitrogen and oxygen atoms in total. The normalized spacial score (nSPS) is 11.9. The van der Waals surface area contributed by atoms with Crippen LogP contribution in [-0.4, -0.2) is 24.4 Å². The van der Waals surface area contributed by atoms with Crippen LogP contribution in [0.25, 0.3) is 0 Å². The van der Waals surface area contributed by atoms with Crippen molar-refractivity contribution in [3.05, 3.63) is 11.8 Å². The van der Waals surface area contributed by atoms with E-state index in [1.807, 2.05) is 6.92 Å². The van der Waals surface area contributed by atoms with Crippen molar-refractivity contribution in [2.45, 2.75) is 19.1 Å². The molecule has 0 bridgehead atoms. The minimum Gasteiger partial charge on any atom is -0.424 e. The van der Waals surface area contributed by atoms with Gasteiger partial charge in [0.25, 0.3) is 0 Å². The maximum atomic E-state index is 5.33. The third kappa shape index (κ3) is 3.85. The molecule has 0 aliphatic heterocycles. The summed E-state index contributed by atoms with van der Waals surface area (Å²) in [4.78, 5) is 0. The Morgan fingerprint density at radius 2 is 1.93 bits per heavy atom. The van der Waals surface area contributed by atoms with Crippen molar-refractivity contribution in [2.24, 2.45) is 0 Å². The van der Waals surface area contributed by atoms with Gasteiger partial charge >= 0.3 is 0 Å². The van der Waals surface area contributed by atoms with Crippen molar-refractivity contribution in [3.63, 3.8) is 0 Å². The van der Waals surface area contributed by atoms with Gasteiger partial charge in [-0.3, -0.25) is 0 Å². The minimum atomic E-state index is -2.22. The zero-order valence-electron chi connectivity index (χ0n) is 8.80. The van der Waals surface area contributed by atoms with Crippen molar-refractivity contribution in [2.75, 3.05) is 14.2 Å². The quantitative estimate of drug-likeness (QED) is 0.734. The molecule has 0 N–H and O–H groups in total. The molecule has 0 saturated heterocycles. The molecule has 1 aromatic rings. The summed E-state index contributed by atoms with van der Waals surface area (Å²) in [5.41, 5.74) is -2.22. The molecule has 1 rings (SSSR count). The summed E-state index contributed by atoms with van der Waals surface area (Å²) in [7, 11) is 3.09. The average Bonchev–Trinajstić information content (AvgIpc) is 2.74. The van der Waals surface area contributed by atoms with E-state index in [1.165, 1.54) is 11.4 Å². The Morgan fingerprint density at radius 1 is 1.33 bits per heavy atom. The van der Waals surface area contributed by atoms with Gasteiger partial charge in [0, 0.05) is 20.6 Å². The van der Waals surface area contributed by atoms with Crippen LogP contribution in [0, 0.1) is 0 Å². The van der Waals surface area contributed by atoms with Gasteiger partial charge in [0.15, 0.2) is 0 Å². The van der Waals surface area contributed by atoms with E-state index < -0.39 is 5.69 Å². The van der Waals surface area contributed by atoms with Gasteiger partial charge in [-0.05, 0) is 11.8 Å². The molecule has 0 radical (unpaired) electrons. The van der Waals surface area contributed by atoms with Gasteiger partial charge in [-0.2, -0.15) is 0 Å². The van der Waals surface area contributed by atoms with Crippen LogP contribution in [0.4, 0.5) is 0 Å². The fraction of sp³-hybridized carbons (Fsp3) is 0.714. The lowest BCUT2D eigenvalue weighted by atomic mass is 10.5. The lowest BCUT2D eigenvalue weighted by Crippen LogP contribution is -1.85. The second-order valence-electron chi connectivity index (χ2n) is 2.53. The topological polar surface area (TPSA) is 57.4 Å². The summed E-state index contributed by atoms with van der Waals surface area (Å²) in [6, 6.07) is 0. The number of hydrogen-bond donors (Lipinski definition) is 0. The van der Waals surface area contributed by atoms with Crippen LogP contribution in [0.3, 0.4) is 0 Å². The van der Waals surface area contributed by atoms with E-state index in [4.69, 9.17) is 25.3 Å². The van der Waals surface area contributed by atoms with Crippen LogP contribution in [0.5, 0.6) is 0 Å². The zero-order chi connectivity index (χ0) is 11.3. The van der Waals surface area contributed by atoms with Gasteiger partial charge in [0.2, 0.25) is 17.5 Å². The Morgan fingerprint density at radius 3 is 2.40 bits per heavy atom. The summed E-state index contributed by atoms with van der Waals surface area (Å²) in [6.07, 6.45) is 0.736. The standard InChI is InChI=1S/C7H13N2O3PS2/c1-4-6-8-9-7(12-6)5-15-13(14,10-2)11-3/h4-5H2,1-3H3. The van der Waals surface area contributed by atoms with E-state index in [9.17, 15) is 0 Å². The van der Waals surface area contributed by atoms with Gasteiger partial charge < -0.3 is 13.5 Å². The molecule has 1 heterocycles. The molecule has 0 atom stereocenters. The average molecular weight is 268 g/mol. The lowest BCUT2D eigenvalue weighted by molar-refractivity contribution is 0.354. The number of hydrogen-bond acceptors (Lipinski definition) is 7. The third-order valence-corrected chi connectivity index (χ3v) is 7.26. The van der Waals surface area contributed by atoms with Crippen molar-refractivity contribution >= 4 is 28.9 Å². The highest BCUT2D eigenvalue weighted by atomic mass is 32.9. The van der Waals surface area contributed by atoms with E-state index >= 15 is 0 Å². The molecule has 1 aromatic heterocycles. The first kappa shape index (κ1) is 13.1. The molecule has 8 heteroatoms. The Kier molecular flexibility index (Phi) is 5.22. The zero-order valence-corrected chi connectivity index (χ0v) is 11.3. The summed E-state index contributed by atoms with van der Waals surface area (Å²) >= 11 is 6.56. The predicted molar refractivity (Wildman–Crippen MR) is 63.3 cm³/mol. The first-order chi connectivity index (χ1) is 7.13. The van der Waals surface area contributed by atoms with Gasteiger partial charge in [0.05, 0.1) is 5.75 Å². The molecule has 0 aromatic carbocycles. The van der Waals surface area contributed by atoms with Crippen molar-refractivity contribution < 1.29 is 13.5 Å². The first-order valence-electron chi connectivity index (χ1n) is 4.31. The molecule has 15 heavy (non-hydrogen) atoms. The highest BCUT2D eigenvalue weighted by molar-refractivity contribution is 8.67. The first-order valence-corrected chi connectivity index (χ1v) is 8.53. The highest BCUT2D eigenvalue weighted by Gasteiger charge is 2.18. The van der Waals surface area contributed by atoms with Crippen LogP contribution >= 0.6 is 17.1 Å². The summed E-state index contributed by atoms with van der Waals surface area (Å²) in [5.74, 6) is 1.71. The molecule has 0 saturated carbocycles. The molecular weight excluding hydrogens is 255 g/mol. The van der Waals surface area contributed by atoms with Crippen LogP contribution in [0.15, 0.2) is 4.42 Å².